The maximum Gasteiger partial charge on any atom is 0.356 e. The van der Waals surface area contributed by atoms with Gasteiger partial charge in [0.25, 0.3) is 0 Å². The highest BCUT2D eigenvalue weighted by Gasteiger charge is 2.24. The normalized spacial score (nSPS) is 13.1. The Hall–Kier alpha value is -4.67. The number of para-hydroxylation sites is 1. The Bertz CT molecular complexity index is 1840. The van der Waals surface area contributed by atoms with Gasteiger partial charge in [-0.25, -0.2) is 14.8 Å². The van der Waals surface area contributed by atoms with Gasteiger partial charge in [0.15, 0.2) is 5.75 Å². The van der Waals surface area contributed by atoms with Crippen LogP contribution in [-0.2, 0) is 20.9 Å². The topological polar surface area (TPSA) is 114 Å². The van der Waals surface area contributed by atoms with E-state index in [1.54, 1.807) is 32.2 Å². The van der Waals surface area contributed by atoms with Crippen molar-refractivity contribution in [3.8, 4) is 5.75 Å². The van der Waals surface area contributed by atoms with Crippen LogP contribution in [0.2, 0.25) is 10.0 Å². The molecule has 2 aromatic carbocycles. The van der Waals surface area contributed by atoms with E-state index < -0.39 is 17.8 Å². The van der Waals surface area contributed by atoms with E-state index in [4.69, 9.17) is 37.7 Å². The summed E-state index contributed by atoms with van der Waals surface area (Å²) in [5, 5.41) is 4.28. The van der Waals surface area contributed by atoms with E-state index in [1.807, 2.05) is 25.1 Å². The third-order valence-electron chi connectivity index (χ3n) is 8.04. The number of rotatable bonds is 11. The molecule has 0 atom stereocenters. The second-order valence-corrected chi connectivity index (χ2v) is 12.1. The Balaban J connectivity index is 1.26. The van der Waals surface area contributed by atoms with Crippen LogP contribution in [0.4, 0.5) is 11.4 Å². The molecule has 0 spiro atoms. The molecule has 0 radical (unpaired) electrons. The van der Waals surface area contributed by atoms with Crippen LogP contribution in [0.5, 0.6) is 5.75 Å². The number of piperidine rings is 1. The quantitative estimate of drug-likeness (QED) is 0.135. The van der Waals surface area contributed by atoms with Crippen LogP contribution < -0.4 is 19.9 Å². The molecule has 48 heavy (non-hydrogen) atoms. The lowest BCUT2D eigenvalue weighted by atomic mass is 10.1. The third-order valence-corrected chi connectivity index (χ3v) is 8.81. The van der Waals surface area contributed by atoms with Crippen LogP contribution in [0.15, 0.2) is 60.8 Å². The number of carbonyl (C=O) groups excluding carboxylic acids is 3. The average Bonchev–Trinajstić information content (AvgIpc) is 3.10. The van der Waals surface area contributed by atoms with Crippen molar-refractivity contribution in [1.29, 1.82) is 0 Å². The Morgan fingerprint density at radius 3 is 2.54 bits per heavy atom. The fraction of sp³-hybridized carbons (Fsp3) is 0.306. The van der Waals surface area contributed by atoms with Crippen LogP contribution in [0.25, 0.3) is 17.0 Å². The number of amides is 2. The van der Waals surface area contributed by atoms with Gasteiger partial charge < -0.3 is 24.6 Å². The molecule has 0 aliphatic carbocycles. The molecule has 2 amide bonds. The highest BCUT2D eigenvalue weighted by molar-refractivity contribution is 6.38. The van der Waals surface area contributed by atoms with Crippen molar-refractivity contribution in [1.82, 2.24) is 15.3 Å². The number of likely N-dealkylation sites (N-methyl/N-ethyl adjacent to an activating group) is 1. The maximum atomic E-state index is 13.1. The zero-order valence-corrected chi connectivity index (χ0v) is 28.6. The summed E-state index contributed by atoms with van der Waals surface area (Å²) in [6, 6.07) is 14.5. The number of hydrogen-bond donors (Lipinski definition) is 1. The van der Waals surface area contributed by atoms with Crippen LogP contribution in [0, 0.1) is 6.92 Å². The predicted octanol–water partition coefficient (Wildman–Crippen LogP) is 6.78. The van der Waals surface area contributed by atoms with Crippen molar-refractivity contribution in [3.05, 3.63) is 93.4 Å². The van der Waals surface area contributed by atoms with E-state index in [-0.39, 0.29) is 30.5 Å². The summed E-state index contributed by atoms with van der Waals surface area (Å²) in [5.74, 6) is -0.714. The van der Waals surface area contributed by atoms with E-state index in [1.165, 1.54) is 35.7 Å². The minimum absolute atomic E-state index is 0.0619. The van der Waals surface area contributed by atoms with Crippen molar-refractivity contribution < 1.29 is 23.9 Å². The number of halogens is 2. The standard InChI is InChI=1S/C36H37Cl2N5O5/c1-4-47-36(46)29-15-12-24(20-39-29)13-17-31(44)40-21-32(45)42(3)30-16-14-27(37)26(33(30)38)22-48-35-23(2)41-28-11-7-6-10-25(28)34(35)43-18-8-5-9-19-43/h6-7,10-17,20H,4-5,8-9,18-19,21-22H2,1-3H3,(H,40,44)/b17-13+. The van der Waals surface area contributed by atoms with Crippen molar-refractivity contribution in [2.75, 3.05) is 43.1 Å². The minimum atomic E-state index is -0.520. The summed E-state index contributed by atoms with van der Waals surface area (Å²) in [6.45, 7) is 5.55. The van der Waals surface area contributed by atoms with E-state index in [2.05, 4.69) is 21.3 Å². The first-order chi connectivity index (χ1) is 23.2. The number of pyridine rings is 2. The lowest BCUT2D eigenvalue weighted by molar-refractivity contribution is -0.122. The smallest absolute Gasteiger partial charge is 0.356 e. The maximum absolute atomic E-state index is 13.1. The lowest BCUT2D eigenvalue weighted by Crippen LogP contribution is -2.37. The molecule has 1 saturated heterocycles. The number of carbonyl (C=O) groups is 3. The first-order valence-corrected chi connectivity index (χ1v) is 16.5. The first kappa shape index (κ1) is 34.7. The minimum Gasteiger partial charge on any atom is -0.485 e. The Kier molecular flexibility index (Phi) is 11.5. The lowest BCUT2D eigenvalue weighted by Gasteiger charge is -2.32. The molecule has 0 unspecified atom stereocenters. The van der Waals surface area contributed by atoms with Crippen LogP contribution >= 0.6 is 23.2 Å². The molecule has 3 heterocycles. The molecular weight excluding hydrogens is 653 g/mol. The molecule has 5 rings (SSSR count). The summed E-state index contributed by atoms with van der Waals surface area (Å²) in [6.07, 6.45) is 7.67. The van der Waals surface area contributed by atoms with Gasteiger partial charge in [-0.15, -0.1) is 0 Å². The number of fused-ring (bicyclic) bond motifs is 1. The number of aromatic nitrogens is 2. The van der Waals surface area contributed by atoms with Crippen LogP contribution in [-0.4, -0.2) is 61.0 Å². The largest absolute Gasteiger partial charge is 0.485 e. The SMILES string of the molecule is CCOC(=O)c1ccc(/C=C/C(=O)NCC(=O)N(C)c2ccc(Cl)c(COc3c(C)nc4ccccc4c3N3CCCCC3)c2Cl)cn1. The van der Waals surface area contributed by atoms with Gasteiger partial charge in [-0.3, -0.25) is 9.59 Å². The number of nitrogens with zero attached hydrogens (tertiary/aromatic N) is 4. The molecule has 12 heteroatoms. The van der Waals surface area contributed by atoms with Gasteiger partial charge in [0.1, 0.15) is 12.3 Å². The van der Waals surface area contributed by atoms with Gasteiger partial charge in [-0.2, -0.15) is 0 Å². The summed E-state index contributed by atoms with van der Waals surface area (Å²) in [7, 11) is 1.58. The highest BCUT2D eigenvalue weighted by atomic mass is 35.5. The van der Waals surface area contributed by atoms with Gasteiger partial charge in [0.2, 0.25) is 11.8 Å². The Labute approximate surface area is 289 Å². The number of esters is 1. The Morgan fingerprint density at radius 1 is 1.04 bits per heavy atom. The monoisotopic (exact) mass is 689 g/mol. The van der Waals surface area contributed by atoms with Crippen LogP contribution in [0.1, 0.15) is 53.5 Å². The first-order valence-electron chi connectivity index (χ1n) is 15.8. The molecule has 0 bridgehead atoms. The molecule has 250 valence electrons. The molecule has 2 aromatic heterocycles. The number of hydrogen-bond acceptors (Lipinski definition) is 8. The Morgan fingerprint density at radius 2 is 1.81 bits per heavy atom. The molecule has 1 N–H and O–H groups in total. The van der Waals surface area contributed by atoms with Gasteiger partial charge in [-0.1, -0.05) is 47.5 Å². The zero-order chi connectivity index (χ0) is 34.2. The van der Waals surface area contributed by atoms with E-state index in [9.17, 15) is 14.4 Å². The number of nitrogens with one attached hydrogen (secondary N) is 1. The van der Waals surface area contributed by atoms with E-state index >= 15 is 0 Å². The fourth-order valence-electron chi connectivity index (χ4n) is 5.50. The molecule has 10 nitrogen and oxygen atoms in total. The zero-order valence-electron chi connectivity index (χ0n) is 27.1. The van der Waals surface area contributed by atoms with Crippen molar-refractivity contribution in [2.24, 2.45) is 0 Å². The summed E-state index contributed by atoms with van der Waals surface area (Å²) >= 11 is 13.5. The van der Waals surface area contributed by atoms with E-state index in [0.29, 0.717) is 27.6 Å². The highest BCUT2D eigenvalue weighted by Crippen LogP contribution is 2.41. The second kappa shape index (κ2) is 16.0. The molecule has 4 aromatic rings. The van der Waals surface area contributed by atoms with E-state index in [0.717, 1.165) is 48.2 Å². The van der Waals surface area contributed by atoms with Crippen LogP contribution in [0.3, 0.4) is 0 Å². The summed E-state index contributed by atoms with van der Waals surface area (Å²) in [4.78, 5) is 49.9. The van der Waals surface area contributed by atoms with Gasteiger partial charge in [-0.05, 0) is 69.0 Å². The van der Waals surface area contributed by atoms with Gasteiger partial charge >= 0.3 is 5.97 Å². The van der Waals surface area contributed by atoms with Crippen molar-refractivity contribution in [3.63, 3.8) is 0 Å². The second-order valence-electron chi connectivity index (χ2n) is 11.3. The predicted molar refractivity (Wildman–Crippen MR) is 189 cm³/mol. The molecule has 0 saturated carbocycles. The van der Waals surface area contributed by atoms with Crippen molar-refractivity contribution in [2.45, 2.75) is 39.7 Å². The summed E-state index contributed by atoms with van der Waals surface area (Å²) in [5.41, 5.74) is 4.41. The summed E-state index contributed by atoms with van der Waals surface area (Å²) < 4.78 is 11.4. The number of anilines is 2. The van der Waals surface area contributed by atoms with Crippen molar-refractivity contribution >= 4 is 69.3 Å². The number of benzene rings is 2. The molecule has 1 fully saturated rings. The number of ether oxygens (including phenoxy) is 2. The molecular formula is C36H37Cl2N5O5. The van der Waals surface area contributed by atoms with Gasteiger partial charge in [0.05, 0.1) is 40.8 Å². The molecule has 1 aliphatic heterocycles. The van der Waals surface area contributed by atoms with Gasteiger partial charge in [0, 0.05) is 48.4 Å². The number of aryl methyl sites for hydroxylation is 1. The molecule has 1 aliphatic rings. The third kappa shape index (κ3) is 8.06. The average molecular weight is 691 g/mol. The fourth-order valence-corrected chi connectivity index (χ4v) is 6.10.